The molecule has 1 atom stereocenters. The van der Waals surface area contributed by atoms with Gasteiger partial charge in [0.25, 0.3) is 0 Å². The maximum atomic E-state index is 9.00. The third-order valence-corrected chi connectivity index (χ3v) is 2.07. The summed E-state index contributed by atoms with van der Waals surface area (Å²) in [5.74, 6) is -0.188. The summed E-state index contributed by atoms with van der Waals surface area (Å²) in [7, 11) is 2.50. The van der Waals surface area contributed by atoms with Crippen LogP contribution < -0.4 is 5.73 Å². The Bertz CT molecular complexity index is 260. The molecule has 0 aromatic carbocycles. The van der Waals surface area contributed by atoms with Crippen LogP contribution in [-0.2, 0) is 0 Å². The van der Waals surface area contributed by atoms with Crippen molar-refractivity contribution in [3.8, 4) is 0 Å². The van der Waals surface area contributed by atoms with Gasteiger partial charge < -0.3 is 10.8 Å². The third kappa shape index (κ3) is 2.55. The Kier molecular flexibility index (Phi) is 4.38. The molecule has 0 aliphatic rings. The lowest BCUT2D eigenvalue weighted by Gasteiger charge is -2.05. The minimum atomic E-state index is -0.188. The molecule has 0 rings (SSSR count). The molecule has 0 aliphatic heterocycles. The van der Waals surface area contributed by atoms with Crippen molar-refractivity contribution in [2.24, 2.45) is 5.73 Å². The second-order valence-electron chi connectivity index (χ2n) is 2.29. The maximum Gasteiger partial charge on any atom is 0.185 e. The van der Waals surface area contributed by atoms with Crippen molar-refractivity contribution in [2.75, 3.05) is 0 Å². The van der Waals surface area contributed by atoms with Gasteiger partial charge in [0, 0.05) is 5.57 Å². The van der Waals surface area contributed by atoms with Gasteiger partial charge in [-0.2, -0.15) is 0 Å². The van der Waals surface area contributed by atoms with Gasteiger partial charge in [-0.25, -0.2) is 0 Å². The van der Waals surface area contributed by atoms with Crippen molar-refractivity contribution in [1.29, 1.82) is 0 Å². The van der Waals surface area contributed by atoms with Crippen LogP contribution in [0.1, 0.15) is 6.92 Å². The average molecular weight is 183 g/mol. The third-order valence-electron chi connectivity index (χ3n) is 1.52. The largest absolute Gasteiger partial charge is 0.495 e. The van der Waals surface area contributed by atoms with Crippen LogP contribution in [0.25, 0.3) is 0 Å². The molecule has 0 heterocycles. The van der Waals surface area contributed by atoms with Gasteiger partial charge in [0.05, 0.1) is 0 Å². The molecule has 0 bridgehead atoms. The molecule has 0 aromatic rings. The first-order chi connectivity index (χ1) is 5.54. The predicted octanol–water partition coefficient (Wildman–Crippen LogP) is 2.24. The zero-order chi connectivity index (χ0) is 9.72. The van der Waals surface area contributed by atoms with Crippen LogP contribution in [0, 0.1) is 0 Å². The van der Waals surface area contributed by atoms with Gasteiger partial charge in [-0.15, -0.1) is 9.24 Å². The second-order valence-corrected chi connectivity index (χ2v) is 2.91. The van der Waals surface area contributed by atoms with E-state index >= 15 is 0 Å². The molecule has 0 saturated carbocycles. The SMILES string of the molecule is C=C/C(P)=C(C=C)\C(C)=C(/N)O. The van der Waals surface area contributed by atoms with Gasteiger partial charge in [0.15, 0.2) is 5.88 Å². The van der Waals surface area contributed by atoms with E-state index in [2.05, 4.69) is 22.4 Å². The quantitative estimate of drug-likeness (QED) is 0.400. The number of nitrogens with two attached hydrogens (primary N) is 1. The van der Waals surface area contributed by atoms with Gasteiger partial charge in [-0.1, -0.05) is 25.3 Å². The Labute approximate surface area is 75.4 Å². The summed E-state index contributed by atoms with van der Waals surface area (Å²) in [6.07, 6.45) is 3.29. The first kappa shape index (κ1) is 11.0. The Morgan fingerprint density at radius 3 is 2.17 bits per heavy atom. The molecule has 0 amide bonds. The highest BCUT2D eigenvalue weighted by Gasteiger charge is 2.02. The molecule has 66 valence electrons. The monoisotopic (exact) mass is 183 g/mol. The van der Waals surface area contributed by atoms with Gasteiger partial charge in [0.1, 0.15) is 0 Å². The van der Waals surface area contributed by atoms with Gasteiger partial charge >= 0.3 is 0 Å². The van der Waals surface area contributed by atoms with E-state index in [1.165, 1.54) is 0 Å². The number of allylic oxidation sites excluding steroid dienone is 5. The summed E-state index contributed by atoms with van der Waals surface area (Å²) in [4.78, 5) is 0. The van der Waals surface area contributed by atoms with Gasteiger partial charge in [0.2, 0.25) is 0 Å². The van der Waals surface area contributed by atoms with Crippen molar-refractivity contribution in [2.45, 2.75) is 6.92 Å². The van der Waals surface area contributed by atoms with Crippen molar-refractivity contribution >= 4 is 9.24 Å². The Hall–Kier alpha value is -1.01. The van der Waals surface area contributed by atoms with Crippen molar-refractivity contribution in [1.82, 2.24) is 0 Å². The number of rotatable bonds is 3. The number of aliphatic hydroxyl groups excluding tert-OH is 1. The molecular weight excluding hydrogens is 169 g/mol. The standard InChI is InChI=1S/C9H14NOP/c1-4-7(8(12)5-2)6(3)9(10)11/h4-5,11H,1-2,10,12H2,3H3/b8-7+,9-6+. The van der Waals surface area contributed by atoms with Crippen LogP contribution in [0.5, 0.6) is 0 Å². The van der Waals surface area contributed by atoms with Gasteiger partial charge in [-0.05, 0) is 17.8 Å². The van der Waals surface area contributed by atoms with E-state index in [0.717, 1.165) is 10.9 Å². The lowest BCUT2D eigenvalue weighted by atomic mass is 10.1. The normalized spacial score (nSPS) is 14.5. The maximum absolute atomic E-state index is 9.00. The van der Waals surface area contributed by atoms with E-state index in [1.54, 1.807) is 19.1 Å². The fourth-order valence-corrected chi connectivity index (χ4v) is 1.07. The molecule has 0 spiro atoms. The summed E-state index contributed by atoms with van der Waals surface area (Å²) >= 11 is 0. The summed E-state index contributed by atoms with van der Waals surface area (Å²) < 4.78 is 0. The molecule has 3 heteroatoms. The molecule has 0 aliphatic carbocycles. The minimum absolute atomic E-state index is 0.188. The van der Waals surface area contributed by atoms with Crippen molar-refractivity contribution in [3.63, 3.8) is 0 Å². The Balaban J connectivity index is 5.21. The molecule has 0 saturated heterocycles. The fraction of sp³-hybridized carbons (Fsp3) is 0.111. The Morgan fingerprint density at radius 1 is 1.42 bits per heavy atom. The number of aliphatic hydroxyl groups is 1. The van der Waals surface area contributed by atoms with Crippen LogP contribution >= 0.6 is 9.24 Å². The van der Waals surface area contributed by atoms with Gasteiger partial charge in [-0.3, -0.25) is 0 Å². The molecule has 2 nitrogen and oxygen atoms in total. The summed E-state index contributed by atoms with van der Waals surface area (Å²) in [6, 6.07) is 0. The lowest BCUT2D eigenvalue weighted by molar-refractivity contribution is 0.400. The van der Waals surface area contributed by atoms with E-state index < -0.39 is 0 Å². The molecule has 0 aromatic heterocycles. The van der Waals surface area contributed by atoms with Crippen LogP contribution in [0.15, 0.2) is 47.7 Å². The zero-order valence-corrected chi connectivity index (χ0v) is 8.33. The van der Waals surface area contributed by atoms with E-state index in [-0.39, 0.29) is 5.88 Å². The predicted molar refractivity (Wildman–Crippen MR) is 56.6 cm³/mol. The van der Waals surface area contributed by atoms with Crippen molar-refractivity contribution < 1.29 is 5.11 Å². The molecule has 0 radical (unpaired) electrons. The van der Waals surface area contributed by atoms with Crippen LogP contribution in [-0.4, -0.2) is 5.11 Å². The van der Waals surface area contributed by atoms with E-state index in [1.807, 2.05) is 0 Å². The van der Waals surface area contributed by atoms with Crippen molar-refractivity contribution in [3.05, 3.63) is 47.7 Å². The van der Waals surface area contributed by atoms with E-state index in [9.17, 15) is 0 Å². The number of hydrogen-bond donors (Lipinski definition) is 2. The molecule has 3 N–H and O–H groups in total. The van der Waals surface area contributed by atoms with Crippen LogP contribution in [0.3, 0.4) is 0 Å². The summed E-state index contributed by atoms with van der Waals surface area (Å²) in [5, 5.41) is 9.86. The van der Waals surface area contributed by atoms with Crippen LogP contribution in [0.2, 0.25) is 0 Å². The molecule has 12 heavy (non-hydrogen) atoms. The molecular formula is C9H14NOP. The fourth-order valence-electron chi connectivity index (χ4n) is 0.735. The van der Waals surface area contributed by atoms with E-state index in [4.69, 9.17) is 10.8 Å². The second kappa shape index (κ2) is 4.78. The van der Waals surface area contributed by atoms with Crippen LogP contribution in [0.4, 0.5) is 0 Å². The molecule has 0 fully saturated rings. The van der Waals surface area contributed by atoms with E-state index in [0.29, 0.717) is 5.57 Å². The zero-order valence-electron chi connectivity index (χ0n) is 7.17. The summed E-state index contributed by atoms with van der Waals surface area (Å²) in [6.45, 7) is 8.94. The first-order valence-corrected chi connectivity index (χ1v) is 4.02. The lowest BCUT2D eigenvalue weighted by Crippen LogP contribution is -2.00. The highest BCUT2D eigenvalue weighted by molar-refractivity contribution is 7.23. The highest BCUT2D eigenvalue weighted by Crippen LogP contribution is 2.21. The minimum Gasteiger partial charge on any atom is -0.495 e. The smallest absolute Gasteiger partial charge is 0.185 e. The molecule has 1 unspecified atom stereocenters. The highest BCUT2D eigenvalue weighted by atomic mass is 31.0. The average Bonchev–Trinajstić information content (AvgIpc) is 2.05. The first-order valence-electron chi connectivity index (χ1n) is 3.44. The summed E-state index contributed by atoms with van der Waals surface area (Å²) in [5.41, 5.74) is 6.61. The Morgan fingerprint density at radius 2 is 1.92 bits per heavy atom. The number of hydrogen-bond acceptors (Lipinski definition) is 2. The topological polar surface area (TPSA) is 46.2 Å².